The predicted molar refractivity (Wildman–Crippen MR) is 143 cm³/mol. The number of hydrogen-bond acceptors (Lipinski definition) is 6. The first-order chi connectivity index (χ1) is 20.2. The summed E-state index contributed by atoms with van der Waals surface area (Å²) in [6, 6.07) is 2.92. The fraction of sp³-hybridized carbons (Fsp3) is 0.500. The van der Waals surface area contributed by atoms with Crippen molar-refractivity contribution in [2.45, 2.75) is 56.8 Å². The van der Waals surface area contributed by atoms with Crippen molar-refractivity contribution in [2.75, 3.05) is 31.9 Å². The quantitative estimate of drug-likeness (QED) is 0.414. The van der Waals surface area contributed by atoms with Gasteiger partial charge in [-0.2, -0.15) is 5.10 Å². The van der Waals surface area contributed by atoms with Crippen LogP contribution in [-0.4, -0.2) is 86.4 Å². The highest BCUT2D eigenvalue weighted by Crippen LogP contribution is 2.49. The van der Waals surface area contributed by atoms with E-state index in [1.807, 2.05) is 4.90 Å². The number of alkyl halides is 5. The third-order valence-corrected chi connectivity index (χ3v) is 8.48. The molecule has 3 aliphatic rings. The van der Waals surface area contributed by atoms with E-state index in [4.69, 9.17) is 5.73 Å². The molecule has 3 N–H and O–H groups in total. The summed E-state index contributed by atoms with van der Waals surface area (Å²) in [4.78, 5) is 32.4. The molecule has 0 spiro atoms. The highest BCUT2D eigenvalue weighted by Gasteiger charge is 2.63. The molecular formula is C28H29F6N7O2. The van der Waals surface area contributed by atoms with Gasteiger partial charge in [0.2, 0.25) is 5.91 Å². The fourth-order valence-corrected chi connectivity index (χ4v) is 5.88. The van der Waals surface area contributed by atoms with Crippen molar-refractivity contribution >= 4 is 23.1 Å². The Balaban J connectivity index is 1.26. The van der Waals surface area contributed by atoms with Crippen molar-refractivity contribution in [1.82, 2.24) is 29.7 Å². The molecule has 15 heteroatoms. The summed E-state index contributed by atoms with van der Waals surface area (Å²) in [5, 5.41) is 6.74. The van der Waals surface area contributed by atoms with E-state index in [2.05, 4.69) is 15.4 Å². The first kappa shape index (κ1) is 29.2. The smallest absolute Gasteiger partial charge is 0.260 e. The topological polar surface area (TPSA) is 109 Å². The minimum Gasteiger partial charge on any atom is -0.382 e. The van der Waals surface area contributed by atoms with Gasteiger partial charge in [-0.25, -0.2) is 35.8 Å². The number of halogens is 6. The summed E-state index contributed by atoms with van der Waals surface area (Å²) in [5.41, 5.74) is 7.59. The van der Waals surface area contributed by atoms with Gasteiger partial charge in [-0.1, -0.05) is 0 Å². The lowest BCUT2D eigenvalue weighted by molar-refractivity contribution is -0.134. The Morgan fingerprint density at radius 2 is 1.81 bits per heavy atom. The maximum absolute atomic E-state index is 15.4. The van der Waals surface area contributed by atoms with Crippen molar-refractivity contribution in [3.05, 3.63) is 47.0 Å². The number of fused-ring (bicyclic) bond motifs is 1. The van der Waals surface area contributed by atoms with Gasteiger partial charge in [0, 0.05) is 56.6 Å². The average Bonchev–Trinajstić information content (AvgIpc) is 3.22. The van der Waals surface area contributed by atoms with Gasteiger partial charge >= 0.3 is 0 Å². The van der Waals surface area contributed by atoms with Gasteiger partial charge in [-0.15, -0.1) is 0 Å². The standard InChI is InChI=1S/C28H29F6N7O2/c1-14-6-19(29)17(8-16(14)25(42)38-21-12-40(11-20(21)30)26(43)18-9-28(18,33)34)22-7-15(23-24(35)36-13-37-41(22)23)10-39-4-2-27(31,32)3-5-39/h6-8,13,18,20-21H,2-5,9-12H2,1H3,(H,38,42)(H2,35,36,37)/t18?,20-,21+/m0/s1. The minimum absolute atomic E-state index is 0.0173. The zero-order valence-corrected chi connectivity index (χ0v) is 23.1. The summed E-state index contributed by atoms with van der Waals surface area (Å²) in [7, 11) is 0. The molecule has 1 aliphatic carbocycles. The van der Waals surface area contributed by atoms with Crippen LogP contribution in [0.3, 0.4) is 0 Å². The molecule has 9 nitrogen and oxygen atoms in total. The summed E-state index contributed by atoms with van der Waals surface area (Å²) < 4.78 is 85.7. The van der Waals surface area contributed by atoms with Gasteiger partial charge in [0.1, 0.15) is 29.8 Å². The normalized spacial score (nSPS) is 24.8. The number of hydrogen-bond donors (Lipinski definition) is 2. The molecule has 2 saturated heterocycles. The van der Waals surface area contributed by atoms with Crippen LogP contribution in [0.1, 0.15) is 40.7 Å². The van der Waals surface area contributed by atoms with Crippen LogP contribution in [0.2, 0.25) is 0 Å². The van der Waals surface area contributed by atoms with E-state index in [0.717, 1.165) is 11.0 Å². The Morgan fingerprint density at radius 1 is 1.12 bits per heavy atom. The molecule has 3 fully saturated rings. The third-order valence-electron chi connectivity index (χ3n) is 8.48. The zero-order valence-electron chi connectivity index (χ0n) is 23.1. The molecule has 3 aromatic rings. The lowest BCUT2D eigenvalue weighted by Crippen LogP contribution is -2.42. The van der Waals surface area contributed by atoms with E-state index in [1.54, 1.807) is 6.07 Å². The van der Waals surface area contributed by atoms with E-state index in [1.165, 1.54) is 23.8 Å². The van der Waals surface area contributed by atoms with Crippen LogP contribution in [0.25, 0.3) is 16.8 Å². The van der Waals surface area contributed by atoms with E-state index in [0.29, 0.717) is 11.1 Å². The Morgan fingerprint density at radius 3 is 2.49 bits per heavy atom. The number of anilines is 1. The van der Waals surface area contributed by atoms with Gasteiger partial charge in [0.15, 0.2) is 5.82 Å². The Kier molecular flexibility index (Phi) is 7.05. The SMILES string of the molecule is Cc1cc(F)c(-c2cc(CN3CCC(F)(F)CC3)c3c(N)ncnn23)cc1C(=O)N[C@@H]1CN(C(=O)C2CC2(F)F)C[C@@H]1F. The molecule has 0 radical (unpaired) electrons. The molecule has 1 saturated carbocycles. The van der Waals surface area contributed by atoms with Crippen LogP contribution < -0.4 is 11.1 Å². The first-order valence-electron chi connectivity index (χ1n) is 13.9. The maximum Gasteiger partial charge on any atom is 0.260 e. The second kappa shape index (κ2) is 10.4. The Hall–Kier alpha value is -3.88. The van der Waals surface area contributed by atoms with Crippen molar-refractivity contribution in [3.63, 3.8) is 0 Å². The summed E-state index contributed by atoms with van der Waals surface area (Å²) >= 11 is 0. The number of carbonyl (C=O) groups is 2. The molecule has 3 atom stereocenters. The summed E-state index contributed by atoms with van der Waals surface area (Å²) in [6.07, 6.45) is -1.64. The summed E-state index contributed by atoms with van der Waals surface area (Å²) in [5.74, 6) is -9.45. The van der Waals surface area contributed by atoms with E-state index in [-0.39, 0.29) is 67.2 Å². The van der Waals surface area contributed by atoms with E-state index in [9.17, 15) is 31.5 Å². The molecule has 1 unspecified atom stereocenters. The van der Waals surface area contributed by atoms with Crippen LogP contribution in [0, 0.1) is 18.7 Å². The second-order valence-electron chi connectivity index (χ2n) is 11.6. The maximum atomic E-state index is 15.4. The third kappa shape index (κ3) is 5.50. The molecule has 1 aromatic carbocycles. The number of amides is 2. The number of rotatable bonds is 6. The number of nitrogens with one attached hydrogen (secondary N) is 1. The molecule has 2 aromatic heterocycles. The Bertz CT molecular complexity index is 1600. The molecular weight excluding hydrogens is 580 g/mol. The van der Waals surface area contributed by atoms with E-state index < -0.39 is 60.6 Å². The molecule has 0 bridgehead atoms. The first-order valence-corrected chi connectivity index (χ1v) is 13.9. The number of nitrogens with zero attached hydrogens (tertiary/aromatic N) is 5. The number of benzene rings is 1. The van der Waals surface area contributed by atoms with Crippen LogP contribution in [-0.2, 0) is 11.3 Å². The number of nitrogens with two attached hydrogens (primary N) is 1. The summed E-state index contributed by atoms with van der Waals surface area (Å²) in [6.45, 7) is 1.36. The second-order valence-corrected chi connectivity index (χ2v) is 11.6. The number of aryl methyl sites for hydroxylation is 1. The van der Waals surface area contributed by atoms with Gasteiger partial charge in [-0.05, 0) is 36.2 Å². The van der Waals surface area contributed by atoms with E-state index >= 15 is 4.39 Å². The minimum atomic E-state index is -3.09. The van der Waals surface area contributed by atoms with Crippen LogP contribution in [0.15, 0.2) is 24.5 Å². The number of aromatic nitrogens is 3. The number of piperidine rings is 1. The lowest BCUT2D eigenvalue weighted by atomic mass is 10.0. The zero-order chi connectivity index (χ0) is 30.8. The molecule has 43 heavy (non-hydrogen) atoms. The van der Waals surface area contributed by atoms with Gasteiger partial charge < -0.3 is 16.0 Å². The van der Waals surface area contributed by atoms with Crippen molar-refractivity contribution in [2.24, 2.45) is 5.92 Å². The predicted octanol–water partition coefficient (Wildman–Crippen LogP) is 3.59. The van der Waals surface area contributed by atoms with Crippen LogP contribution in [0.4, 0.5) is 32.2 Å². The highest BCUT2D eigenvalue weighted by atomic mass is 19.3. The molecule has 4 heterocycles. The largest absolute Gasteiger partial charge is 0.382 e. The van der Waals surface area contributed by atoms with Gasteiger partial charge in [0.25, 0.3) is 17.8 Å². The molecule has 230 valence electrons. The lowest BCUT2D eigenvalue weighted by Gasteiger charge is -2.31. The number of likely N-dealkylation sites (tertiary alicyclic amines) is 2. The van der Waals surface area contributed by atoms with Crippen molar-refractivity contribution in [1.29, 1.82) is 0 Å². The van der Waals surface area contributed by atoms with Gasteiger partial charge in [-0.3, -0.25) is 14.5 Å². The number of carbonyl (C=O) groups excluding carboxylic acids is 2. The molecule has 2 aliphatic heterocycles. The van der Waals surface area contributed by atoms with Crippen molar-refractivity contribution < 1.29 is 35.9 Å². The van der Waals surface area contributed by atoms with Gasteiger partial charge in [0.05, 0.1) is 18.3 Å². The monoisotopic (exact) mass is 609 g/mol. The number of nitrogen functional groups attached to an aromatic ring is 1. The molecule has 2 amide bonds. The average molecular weight is 610 g/mol. The fourth-order valence-electron chi connectivity index (χ4n) is 5.88. The Labute approximate surface area is 242 Å². The van der Waals surface area contributed by atoms with Crippen LogP contribution in [0.5, 0.6) is 0 Å². The van der Waals surface area contributed by atoms with Crippen molar-refractivity contribution in [3.8, 4) is 11.3 Å². The highest BCUT2D eigenvalue weighted by molar-refractivity contribution is 5.97. The van der Waals surface area contributed by atoms with Crippen LogP contribution >= 0.6 is 0 Å². The molecule has 6 rings (SSSR count).